The summed E-state index contributed by atoms with van der Waals surface area (Å²) in [6.45, 7) is 3.92. The molecular formula is C18H18FN5OS. The normalized spacial score (nSPS) is 16.3. The SMILES string of the molecule is Cc1nnnn1-c1cc(NC(=O)c2cc3c(s2)CCC(C)C3)ccc1F. The molecule has 0 radical (unpaired) electrons. The van der Waals surface area contributed by atoms with Crippen molar-refractivity contribution in [3.05, 3.63) is 51.2 Å². The Balaban J connectivity index is 1.58. The summed E-state index contributed by atoms with van der Waals surface area (Å²) in [5, 5.41) is 13.9. The number of thiophene rings is 1. The Hall–Kier alpha value is -2.61. The van der Waals surface area contributed by atoms with Gasteiger partial charge in [-0.25, -0.2) is 4.39 Å². The van der Waals surface area contributed by atoms with Crippen molar-refractivity contribution in [3.63, 3.8) is 0 Å². The molecule has 0 bridgehead atoms. The molecule has 0 saturated carbocycles. The predicted molar refractivity (Wildman–Crippen MR) is 97.3 cm³/mol. The Morgan fingerprint density at radius 3 is 3.00 bits per heavy atom. The Morgan fingerprint density at radius 2 is 2.23 bits per heavy atom. The molecule has 2 heterocycles. The number of hydrogen-bond donors (Lipinski definition) is 1. The van der Waals surface area contributed by atoms with E-state index in [1.54, 1.807) is 18.3 Å². The van der Waals surface area contributed by atoms with Crippen LogP contribution in [0.3, 0.4) is 0 Å². The van der Waals surface area contributed by atoms with E-state index in [0.717, 1.165) is 12.8 Å². The Bertz CT molecular complexity index is 980. The van der Waals surface area contributed by atoms with Crippen LogP contribution in [0, 0.1) is 18.7 Å². The number of benzene rings is 1. The number of carbonyl (C=O) groups excluding carboxylic acids is 1. The van der Waals surface area contributed by atoms with E-state index < -0.39 is 5.82 Å². The zero-order valence-electron chi connectivity index (χ0n) is 14.5. The van der Waals surface area contributed by atoms with E-state index in [1.165, 1.54) is 39.7 Å². The van der Waals surface area contributed by atoms with Gasteiger partial charge in [0.15, 0.2) is 5.82 Å². The second kappa shape index (κ2) is 6.60. The van der Waals surface area contributed by atoms with Gasteiger partial charge in [0.05, 0.1) is 4.88 Å². The van der Waals surface area contributed by atoms with Crippen molar-refractivity contribution in [2.75, 3.05) is 5.32 Å². The molecule has 1 N–H and O–H groups in total. The standard InChI is InChI=1S/C18H18FN5OS/c1-10-3-6-16-12(7-10)8-17(26-16)18(25)20-13-4-5-14(19)15(9-13)24-11(2)21-22-23-24/h4-5,8-10H,3,6-7H2,1-2H3,(H,20,25). The second-order valence-electron chi connectivity index (χ2n) is 6.67. The number of fused-ring (bicyclic) bond motifs is 1. The van der Waals surface area contributed by atoms with Crippen molar-refractivity contribution in [1.82, 2.24) is 20.2 Å². The first-order valence-electron chi connectivity index (χ1n) is 8.49. The fourth-order valence-electron chi connectivity index (χ4n) is 3.22. The van der Waals surface area contributed by atoms with Crippen LogP contribution in [0.15, 0.2) is 24.3 Å². The second-order valence-corrected chi connectivity index (χ2v) is 7.80. The van der Waals surface area contributed by atoms with Gasteiger partial charge in [0.1, 0.15) is 11.5 Å². The maximum absolute atomic E-state index is 14.1. The van der Waals surface area contributed by atoms with Crippen LogP contribution >= 0.6 is 11.3 Å². The largest absolute Gasteiger partial charge is 0.321 e. The van der Waals surface area contributed by atoms with Gasteiger partial charge in [-0.05, 0) is 72.4 Å². The third-order valence-corrected chi connectivity index (χ3v) is 5.85. The summed E-state index contributed by atoms with van der Waals surface area (Å²) in [7, 11) is 0. The molecule has 3 aromatic rings. The number of carbonyl (C=O) groups is 1. The average Bonchev–Trinajstić information content (AvgIpc) is 3.22. The van der Waals surface area contributed by atoms with E-state index in [2.05, 4.69) is 27.8 Å². The zero-order chi connectivity index (χ0) is 18.3. The van der Waals surface area contributed by atoms with Crippen molar-refractivity contribution in [1.29, 1.82) is 0 Å². The van der Waals surface area contributed by atoms with Crippen molar-refractivity contribution >= 4 is 22.9 Å². The Morgan fingerprint density at radius 1 is 1.38 bits per heavy atom. The number of tetrazole rings is 1. The molecule has 2 aromatic heterocycles. The van der Waals surface area contributed by atoms with Crippen LogP contribution in [-0.2, 0) is 12.8 Å². The molecule has 0 spiro atoms. The van der Waals surface area contributed by atoms with Gasteiger partial charge in [0, 0.05) is 10.6 Å². The lowest BCUT2D eigenvalue weighted by Gasteiger charge is -2.16. The zero-order valence-corrected chi connectivity index (χ0v) is 15.3. The molecule has 26 heavy (non-hydrogen) atoms. The van der Waals surface area contributed by atoms with Gasteiger partial charge in [0.25, 0.3) is 5.91 Å². The van der Waals surface area contributed by atoms with E-state index in [4.69, 9.17) is 0 Å². The van der Waals surface area contributed by atoms with E-state index in [9.17, 15) is 9.18 Å². The molecule has 0 saturated heterocycles. The fourth-order valence-corrected chi connectivity index (χ4v) is 4.32. The molecule has 0 fully saturated rings. The summed E-state index contributed by atoms with van der Waals surface area (Å²) in [4.78, 5) is 14.6. The van der Waals surface area contributed by atoms with Gasteiger partial charge in [-0.3, -0.25) is 4.79 Å². The van der Waals surface area contributed by atoms with Crippen LogP contribution in [0.2, 0.25) is 0 Å². The van der Waals surface area contributed by atoms with Crippen molar-refractivity contribution in [3.8, 4) is 5.69 Å². The quantitative estimate of drug-likeness (QED) is 0.764. The van der Waals surface area contributed by atoms with Crippen molar-refractivity contribution in [2.24, 2.45) is 5.92 Å². The molecule has 1 aliphatic rings. The molecule has 1 unspecified atom stereocenters. The highest BCUT2D eigenvalue weighted by molar-refractivity contribution is 7.14. The summed E-state index contributed by atoms with van der Waals surface area (Å²) in [5.74, 6) is 0.488. The lowest BCUT2D eigenvalue weighted by atomic mass is 9.90. The number of anilines is 1. The third kappa shape index (κ3) is 3.12. The van der Waals surface area contributed by atoms with E-state index >= 15 is 0 Å². The van der Waals surface area contributed by atoms with Gasteiger partial charge in [-0.15, -0.1) is 16.4 Å². The van der Waals surface area contributed by atoms with Gasteiger partial charge >= 0.3 is 0 Å². The first kappa shape index (κ1) is 16.8. The highest BCUT2D eigenvalue weighted by Crippen LogP contribution is 2.32. The smallest absolute Gasteiger partial charge is 0.265 e. The summed E-state index contributed by atoms with van der Waals surface area (Å²) < 4.78 is 15.4. The maximum Gasteiger partial charge on any atom is 0.265 e. The third-order valence-electron chi connectivity index (χ3n) is 4.61. The fraction of sp³-hybridized carbons (Fsp3) is 0.333. The summed E-state index contributed by atoms with van der Waals surface area (Å²) in [6.07, 6.45) is 3.23. The average molecular weight is 371 g/mol. The number of halogens is 1. The van der Waals surface area contributed by atoms with Gasteiger partial charge < -0.3 is 5.32 Å². The molecule has 1 amide bonds. The molecule has 1 aromatic carbocycles. The van der Waals surface area contributed by atoms with E-state index in [0.29, 0.717) is 22.3 Å². The topological polar surface area (TPSA) is 72.7 Å². The molecule has 6 nitrogen and oxygen atoms in total. The van der Waals surface area contributed by atoms with Crippen molar-refractivity contribution in [2.45, 2.75) is 33.1 Å². The monoisotopic (exact) mass is 371 g/mol. The Kier molecular flexibility index (Phi) is 4.28. The summed E-state index contributed by atoms with van der Waals surface area (Å²) >= 11 is 1.55. The first-order chi connectivity index (χ1) is 12.5. The highest BCUT2D eigenvalue weighted by atomic mass is 32.1. The maximum atomic E-state index is 14.1. The number of nitrogens with zero attached hydrogens (tertiary/aromatic N) is 4. The van der Waals surface area contributed by atoms with Crippen LogP contribution in [0.5, 0.6) is 0 Å². The summed E-state index contributed by atoms with van der Waals surface area (Å²) in [6, 6.07) is 6.35. The lowest BCUT2D eigenvalue weighted by Crippen LogP contribution is -2.11. The number of nitrogens with one attached hydrogen (secondary N) is 1. The van der Waals surface area contributed by atoms with Gasteiger partial charge in [0.2, 0.25) is 0 Å². The van der Waals surface area contributed by atoms with Gasteiger partial charge in [-0.2, -0.15) is 4.68 Å². The Labute approximate surface area is 154 Å². The highest BCUT2D eigenvalue weighted by Gasteiger charge is 2.21. The minimum Gasteiger partial charge on any atom is -0.321 e. The molecule has 0 aliphatic heterocycles. The minimum atomic E-state index is -0.459. The van der Waals surface area contributed by atoms with Crippen LogP contribution in [0.1, 0.15) is 39.3 Å². The first-order valence-corrected chi connectivity index (χ1v) is 9.31. The molecule has 8 heteroatoms. The molecule has 4 rings (SSSR count). The summed E-state index contributed by atoms with van der Waals surface area (Å²) in [5.41, 5.74) is 1.98. The van der Waals surface area contributed by atoms with Crippen LogP contribution < -0.4 is 5.32 Å². The van der Waals surface area contributed by atoms with Crippen molar-refractivity contribution < 1.29 is 9.18 Å². The van der Waals surface area contributed by atoms with E-state index in [1.807, 2.05) is 6.07 Å². The molecule has 134 valence electrons. The number of aryl methyl sites for hydroxylation is 2. The molecule has 1 atom stereocenters. The predicted octanol–water partition coefficient (Wildman–Crippen LogP) is 3.55. The number of rotatable bonds is 3. The van der Waals surface area contributed by atoms with E-state index in [-0.39, 0.29) is 11.6 Å². The number of hydrogen-bond acceptors (Lipinski definition) is 5. The molecule has 1 aliphatic carbocycles. The van der Waals surface area contributed by atoms with Crippen LogP contribution in [0.4, 0.5) is 10.1 Å². The molecular weight excluding hydrogens is 353 g/mol. The minimum absolute atomic E-state index is 0.178. The van der Waals surface area contributed by atoms with Crippen LogP contribution in [0.25, 0.3) is 5.69 Å². The number of amides is 1. The lowest BCUT2D eigenvalue weighted by molar-refractivity contribution is 0.103. The number of aromatic nitrogens is 4. The van der Waals surface area contributed by atoms with Gasteiger partial charge in [-0.1, -0.05) is 6.92 Å². The van der Waals surface area contributed by atoms with Crippen LogP contribution in [-0.4, -0.2) is 26.1 Å².